The Morgan fingerprint density at radius 3 is 2.59 bits per heavy atom. The standard InChI is InChI=1S/C24H24N4O/c1-16-8-11-21(26-25-16)17-12-13-28(24(29)14-17)18-9-10-20-19-6-4-3-5-7-22(19)27(2)23(20)15-18/h8-15H,3-7H2,1-2H3. The Labute approximate surface area is 169 Å². The van der Waals surface area contributed by atoms with Crippen molar-refractivity contribution in [2.45, 2.75) is 39.0 Å². The number of benzene rings is 1. The van der Waals surface area contributed by atoms with E-state index in [1.54, 1.807) is 10.6 Å². The molecule has 1 aromatic carbocycles. The van der Waals surface area contributed by atoms with Gasteiger partial charge in [-0.2, -0.15) is 10.2 Å². The van der Waals surface area contributed by atoms with Crippen LogP contribution in [-0.4, -0.2) is 19.3 Å². The minimum Gasteiger partial charge on any atom is -0.347 e. The first-order chi connectivity index (χ1) is 14.1. The monoisotopic (exact) mass is 384 g/mol. The molecule has 0 saturated carbocycles. The van der Waals surface area contributed by atoms with Crippen molar-refractivity contribution in [3.8, 4) is 16.9 Å². The van der Waals surface area contributed by atoms with Gasteiger partial charge in [0.1, 0.15) is 0 Å². The summed E-state index contributed by atoms with van der Waals surface area (Å²) in [5.74, 6) is 0. The largest absolute Gasteiger partial charge is 0.347 e. The summed E-state index contributed by atoms with van der Waals surface area (Å²) >= 11 is 0. The molecule has 0 N–H and O–H groups in total. The Morgan fingerprint density at radius 1 is 0.931 bits per heavy atom. The van der Waals surface area contributed by atoms with Crippen molar-refractivity contribution < 1.29 is 0 Å². The number of aryl methyl sites for hydroxylation is 3. The van der Waals surface area contributed by atoms with Gasteiger partial charge in [0.15, 0.2) is 0 Å². The lowest BCUT2D eigenvalue weighted by molar-refractivity contribution is 0.698. The minimum atomic E-state index is -0.0694. The van der Waals surface area contributed by atoms with E-state index in [0.717, 1.165) is 29.8 Å². The summed E-state index contributed by atoms with van der Waals surface area (Å²) in [7, 11) is 2.15. The molecule has 0 fully saturated rings. The lowest BCUT2D eigenvalue weighted by Gasteiger charge is -2.09. The molecule has 4 aromatic rings. The third kappa shape index (κ3) is 3.07. The molecule has 3 aromatic heterocycles. The van der Waals surface area contributed by atoms with Crippen LogP contribution in [0, 0.1) is 6.92 Å². The number of hydrogen-bond donors (Lipinski definition) is 0. The smallest absolute Gasteiger partial charge is 0.255 e. The maximum absolute atomic E-state index is 12.8. The average Bonchev–Trinajstić information content (AvgIpc) is 2.89. The van der Waals surface area contributed by atoms with Gasteiger partial charge in [0.2, 0.25) is 0 Å². The lowest BCUT2D eigenvalue weighted by Crippen LogP contribution is -2.16. The van der Waals surface area contributed by atoms with Gasteiger partial charge in [-0.25, -0.2) is 0 Å². The van der Waals surface area contributed by atoms with Crippen molar-refractivity contribution >= 4 is 10.9 Å². The van der Waals surface area contributed by atoms with Crippen LogP contribution in [0.15, 0.2) is 53.5 Å². The van der Waals surface area contributed by atoms with Gasteiger partial charge in [-0.05, 0) is 68.5 Å². The highest BCUT2D eigenvalue weighted by Crippen LogP contribution is 2.31. The first kappa shape index (κ1) is 17.9. The topological polar surface area (TPSA) is 52.7 Å². The van der Waals surface area contributed by atoms with E-state index in [2.05, 4.69) is 40.0 Å². The van der Waals surface area contributed by atoms with Gasteiger partial charge in [-0.1, -0.05) is 12.5 Å². The van der Waals surface area contributed by atoms with E-state index in [1.807, 2.05) is 31.3 Å². The van der Waals surface area contributed by atoms with Crippen LogP contribution in [0.5, 0.6) is 0 Å². The van der Waals surface area contributed by atoms with Gasteiger partial charge in [0.05, 0.1) is 22.6 Å². The number of nitrogens with zero attached hydrogens (tertiary/aromatic N) is 4. The number of rotatable bonds is 2. The molecule has 1 aliphatic rings. The van der Waals surface area contributed by atoms with Crippen LogP contribution < -0.4 is 5.56 Å². The summed E-state index contributed by atoms with van der Waals surface area (Å²) in [5, 5.41) is 9.60. The molecule has 0 unspecified atom stereocenters. The zero-order valence-corrected chi connectivity index (χ0v) is 16.9. The fraction of sp³-hybridized carbons (Fsp3) is 0.292. The summed E-state index contributed by atoms with van der Waals surface area (Å²) in [6.07, 6.45) is 7.94. The second-order valence-corrected chi connectivity index (χ2v) is 7.93. The van der Waals surface area contributed by atoms with Gasteiger partial charge < -0.3 is 4.57 Å². The van der Waals surface area contributed by atoms with Crippen LogP contribution in [0.1, 0.15) is 36.2 Å². The van der Waals surface area contributed by atoms with E-state index in [0.29, 0.717) is 5.69 Å². The van der Waals surface area contributed by atoms with Gasteiger partial charge in [-0.15, -0.1) is 0 Å². The number of hydrogen-bond acceptors (Lipinski definition) is 3. The molecule has 0 atom stereocenters. The molecule has 0 amide bonds. The number of fused-ring (bicyclic) bond motifs is 3. The zero-order valence-electron chi connectivity index (χ0n) is 16.9. The van der Waals surface area contributed by atoms with Crippen LogP contribution in [0.2, 0.25) is 0 Å². The third-order valence-corrected chi connectivity index (χ3v) is 6.05. The maximum atomic E-state index is 12.8. The molecule has 0 spiro atoms. The highest BCUT2D eigenvalue weighted by molar-refractivity contribution is 5.87. The normalized spacial score (nSPS) is 14.0. The van der Waals surface area contributed by atoms with Crippen LogP contribution >= 0.6 is 0 Å². The molecule has 29 heavy (non-hydrogen) atoms. The zero-order chi connectivity index (χ0) is 20.0. The minimum absolute atomic E-state index is 0.0694. The van der Waals surface area contributed by atoms with E-state index in [-0.39, 0.29) is 5.56 Å². The summed E-state index contributed by atoms with van der Waals surface area (Å²) in [6.45, 7) is 1.90. The Bertz CT molecular complexity index is 1260. The van der Waals surface area contributed by atoms with Crippen LogP contribution in [-0.2, 0) is 19.9 Å². The van der Waals surface area contributed by atoms with Crippen molar-refractivity contribution in [3.63, 3.8) is 0 Å². The maximum Gasteiger partial charge on any atom is 0.255 e. The Kier molecular flexibility index (Phi) is 4.31. The van der Waals surface area contributed by atoms with Crippen molar-refractivity contribution in [2.75, 3.05) is 0 Å². The van der Waals surface area contributed by atoms with Crippen molar-refractivity contribution in [3.05, 3.63) is 76.0 Å². The van der Waals surface area contributed by atoms with Gasteiger partial charge in [0, 0.05) is 36.0 Å². The molecule has 0 saturated heterocycles. The van der Waals surface area contributed by atoms with Gasteiger partial charge >= 0.3 is 0 Å². The van der Waals surface area contributed by atoms with Crippen molar-refractivity contribution in [2.24, 2.45) is 7.05 Å². The quantitative estimate of drug-likeness (QED) is 0.483. The summed E-state index contributed by atoms with van der Waals surface area (Å²) in [6, 6.07) is 13.7. The molecule has 146 valence electrons. The summed E-state index contributed by atoms with van der Waals surface area (Å²) < 4.78 is 4.02. The lowest BCUT2D eigenvalue weighted by atomic mass is 10.1. The average molecular weight is 384 g/mol. The predicted octanol–water partition coefficient (Wildman–Crippen LogP) is 4.36. The Hall–Kier alpha value is -3.21. The van der Waals surface area contributed by atoms with Crippen LogP contribution in [0.3, 0.4) is 0 Å². The van der Waals surface area contributed by atoms with E-state index < -0.39 is 0 Å². The van der Waals surface area contributed by atoms with E-state index in [1.165, 1.54) is 41.4 Å². The Morgan fingerprint density at radius 2 is 1.79 bits per heavy atom. The predicted molar refractivity (Wildman–Crippen MR) is 116 cm³/mol. The molecule has 5 rings (SSSR count). The first-order valence-electron chi connectivity index (χ1n) is 10.3. The van der Waals surface area contributed by atoms with E-state index in [4.69, 9.17) is 0 Å². The fourth-order valence-electron chi connectivity index (χ4n) is 4.48. The SMILES string of the molecule is Cc1ccc(-c2ccn(-c3ccc4c5c(n(C)c4c3)CCCCC5)c(=O)c2)nn1. The molecule has 5 heteroatoms. The fourth-order valence-corrected chi connectivity index (χ4v) is 4.48. The van der Waals surface area contributed by atoms with E-state index in [9.17, 15) is 4.79 Å². The highest BCUT2D eigenvalue weighted by Gasteiger charge is 2.17. The highest BCUT2D eigenvalue weighted by atomic mass is 16.1. The van der Waals surface area contributed by atoms with Crippen LogP contribution in [0.25, 0.3) is 27.8 Å². The molecule has 0 aliphatic heterocycles. The molecule has 0 radical (unpaired) electrons. The van der Waals surface area contributed by atoms with E-state index >= 15 is 0 Å². The summed E-state index contributed by atoms with van der Waals surface area (Å²) in [5.41, 5.74) is 7.32. The first-order valence-corrected chi connectivity index (χ1v) is 10.3. The molecule has 1 aliphatic carbocycles. The van der Waals surface area contributed by atoms with Crippen molar-refractivity contribution in [1.82, 2.24) is 19.3 Å². The van der Waals surface area contributed by atoms with Crippen LogP contribution in [0.4, 0.5) is 0 Å². The molecule has 5 nitrogen and oxygen atoms in total. The molecular weight excluding hydrogens is 360 g/mol. The third-order valence-electron chi connectivity index (χ3n) is 6.05. The number of pyridine rings is 1. The Balaban J connectivity index is 1.58. The molecule has 3 heterocycles. The summed E-state index contributed by atoms with van der Waals surface area (Å²) in [4.78, 5) is 12.8. The van der Waals surface area contributed by atoms with Crippen molar-refractivity contribution in [1.29, 1.82) is 0 Å². The van der Waals surface area contributed by atoms with Gasteiger partial charge in [0.25, 0.3) is 5.56 Å². The molecular formula is C24H24N4O. The second-order valence-electron chi connectivity index (χ2n) is 7.93. The molecule has 0 bridgehead atoms. The second kappa shape index (κ2) is 6.99. The number of aromatic nitrogens is 4. The van der Waals surface area contributed by atoms with Gasteiger partial charge in [-0.3, -0.25) is 9.36 Å².